The molecular weight excluding hydrogens is 424 g/mol. The molecule has 6 heteroatoms. The van der Waals surface area contributed by atoms with E-state index < -0.39 is 0 Å². The molecule has 0 radical (unpaired) electrons. The third kappa shape index (κ3) is 4.78. The summed E-state index contributed by atoms with van der Waals surface area (Å²) in [5.74, 6) is 0.614. The predicted octanol–water partition coefficient (Wildman–Crippen LogP) is 4.80. The van der Waals surface area contributed by atoms with Gasteiger partial charge in [0, 0.05) is 28.9 Å². The van der Waals surface area contributed by atoms with Crippen molar-refractivity contribution in [3.05, 3.63) is 94.0 Å². The monoisotopic (exact) mass is 448 g/mol. The zero-order chi connectivity index (χ0) is 22.7. The molecule has 0 aromatic heterocycles. The van der Waals surface area contributed by atoms with Gasteiger partial charge >= 0.3 is 0 Å². The van der Waals surface area contributed by atoms with Gasteiger partial charge in [-0.05, 0) is 72.5 Å². The Labute approximate surface area is 193 Å². The van der Waals surface area contributed by atoms with Crippen LogP contribution in [-0.2, 0) is 24.2 Å². The summed E-state index contributed by atoms with van der Waals surface area (Å²) in [7, 11) is 1.60. The number of carbonyl (C=O) groups is 2. The summed E-state index contributed by atoms with van der Waals surface area (Å²) >= 11 is 5.90. The molecule has 0 saturated carbocycles. The zero-order valence-electron chi connectivity index (χ0n) is 18.1. The summed E-state index contributed by atoms with van der Waals surface area (Å²) in [6, 6.07) is 20.5. The highest BCUT2D eigenvalue weighted by Crippen LogP contribution is 2.34. The maximum atomic E-state index is 13.2. The van der Waals surface area contributed by atoms with E-state index in [0.29, 0.717) is 29.3 Å². The Hall–Kier alpha value is -3.31. The molecule has 3 aromatic carbocycles. The lowest BCUT2D eigenvalue weighted by Gasteiger charge is -2.23. The first-order chi connectivity index (χ1) is 15.4. The minimum atomic E-state index is -0.0626. The number of amides is 2. The number of benzene rings is 3. The van der Waals surface area contributed by atoms with Crippen molar-refractivity contribution >= 4 is 29.1 Å². The van der Waals surface area contributed by atoms with Crippen LogP contribution in [0.25, 0.3) is 0 Å². The highest BCUT2D eigenvalue weighted by molar-refractivity contribution is 6.30. The molecule has 3 aromatic rings. The molecule has 0 bridgehead atoms. The number of hydrogen-bond acceptors (Lipinski definition) is 3. The molecular formula is C26H25ClN2O3. The van der Waals surface area contributed by atoms with Crippen molar-refractivity contribution < 1.29 is 14.3 Å². The Morgan fingerprint density at radius 1 is 1.03 bits per heavy atom. The highest BCUT2D eigenvalue weighted by Gasteiger charge is 2.31. The first-order valence-electron chi connectivity index (χ1n) is 10.5. The van der Waals surface area contributed by atoms with Gasteiger partial charge in [0.05, 0.1) is 13.5 Å². The molecule has 1 atom stereocenters. The zero-order valence-corrected chi connectivity index (χ0v) is 18.9. The first-order valence-corrected chi connectivity index (χ1v) is 10.9. The van der Waals surface area contributed by atoms with E-state index in [1.54, 1.807) is 43.5 Å². The van der Waals surface area contributed by atoms with E-state index in [-0.39, 0.29) is 17.9 Å². The van der Waals surface area contributed by atoms with Gasteiger partial charge in [0.1, 0.15) is 5.75 Å². The molecule has 0 spiro atoms. The third-order valence-corrected chi connectivity index (χ3v) is 5.94. The highest BCUT2D eigenvalue weighted by atomic mass is 35.5. The summed E-state index contributed by atoms with van der Waals surface area (Å²) in [5, 5.41) is 3.61. The second-order valence-electron chi connectivity index (χ2n) is 8.00. The minimum Gasteiger partial charge on any atom is -0.497 e. The lowest BCUT2D eigenvalue weighted by Crippen LogP contribution is -2.35. The van der Waals surface area contributed by atoms with Gasteiger partial charge in [0.2, 0.25) is 5.91 Å². The number of anilines is 1. The van der Waals surface area contributed by atoms with Crippen LogP contribution in [-0.4, -0.2) is 25.0 Å². The van der Waals surface area contributed by atoms with E-state index in [9.17, 15) is 9.59 Å². The van der Waals surface area contributed by atoms with Gasteiger partial charge in [0.15, 0.2) is 0 Å². The lowest BCUT2D eigenvalue weighted by atomic mass is 10.1. The number of nitrogens with one attached hydrogen (secondary N) is 1. The van der Waals surface area contributed by atoms with E-state index >= 15 is 0 Å². The Bertz CT molecular complexity index is 1130. The van der Waals surface area contributed by atoms with Crippen molar-refractivity contribution in [2.45, 2.75) is 32.4 Å². The standard InChI is InChI=1S/C26H25ClN2O3/c1-17-13-21-6-3-19(16-28-25(30)15-18-4-9-22(27)10-5-18)14-24(21)29(17)26(31)20-7-11-23(32-2)12-8-20/h3-12,14,17H,13,15-16H2,1-2H3,(H,28,30)/t17-/m1/s1. The molecule has 1 heterocycles. The smallest absolute Gasteiger partial charge is 0.258 e. The van der Waals surface area contributed by atoms with E-state index in [1.807, 2.05) is 35.2 Å². The molecule has 5 nitrogen and oxygen atoms in total. The van der Waals surface area contributed by atoms with Gasteiger partial charge in [-0.2, -0.15) is 0 Å². The summed E-state index contributed by atoms with van der Waals surface area (Å²) in [6.07, 6.45) is 1.10. The van der Waals surface area contributed by atoms with Crippen molar-refractivity contribution in [2.24, 2.45) is 0 Å². The largest absolute Gasteiger partial charge is 0.497 e. The topological polar surface area (TPSA) is 58.6 Å². The fourth-order valence-electron chi connectivity index (χ4n) is 4.00. The summed E-state index contributed by atoms with van der Waals surface area (Å²) in [5.41, 5.74) is 4.52. The van der Waals surface area contributed by atoms with Crippen LogP contribution in [0.15, 0.2) is 66.7 Å². The average Bonchev–Trinajstić information content (AvgIpc) is 3.13. The van der Waals surface area contributed by atoms with E-state index in [4.69, 9.17) is 16.3 Å². The molecule has 4 rings (SSSR count). The van der Waals surface area contributed by atoms with Crippen LogP contribution in [0.5, 0.6) is 5.75 Å². The number of methoxy groups -OCH3 is 1. The number of hydrogen-bond donors (Lipinski definition) is 1. The first kappa shape index (κ1) is 21.9. The maximum absolute atomic E-state index is 13.2. The van der Waals surface area contributed by atoms with Gasteiger partial charge in [0.25, 0.3) is 5.91 Å². The third-order valence-electron chi connectivity index (χ3n) is 5.69. The predicted molar refractivity (Wildman–Crippen MR) is 126 cm³/mol. The molecule has 0 fully saturated rings. The molecule has 1 N–H and O–H groups in total. The average molecular weight is 449 g/mol. The molecule has 0 aliphatic carbocycles. The van der Waals surface area contributed by atoms with E-state index in [0.717, 1.165) is 28.8 Å². The Kier molecular flexibility index (Phi) is 6.47. The van der Waals surface area contributed by atoms with Crippen molar-refractivity contribution in [3.63, 3.8) is 0 Å². The summed E-state index contributed by atoms with van der Waals surface area (Å²) < 4.78 is 5.19. The van der Waals surface area contributed by atoms with Gasteiger partial charge in [-0.3, -0.25) is 9.59 Å². The normalized spacial score (nSPS) is 14.7. The van der Waals surface area contributed by atoms with Crippen LogP contribution in [0.3, 0.4) is 0 Å². The van der Waals surface area contributed by atoms with Crippen molar-refractivity contribution in [1.29, 1.82) is 0 Å². The number of carbonyl (C=O) groups excluding carboxylic acids is 2. The number of halogens is 1. The minimum absolute atomic E-state index is 0.0390. The van der Waals surface area contributed by atoms with Gasteiger partial charge in [-0.15, -0.1) is 0 Å². The fourth-order valence-corrected chi connectivity index (χ4v) is 4.12. The quantitative estimate of drug-likeness (QED) is 0.589. The Morgan fingerprint density at radius 3 is 2.41 bits per heavy atom. The molecule has 164 valence electrons. The second-order valence-corrected chi connectivity index (χ2v) is 8.44. The molecule has 0 unspecified atom stereocenters. The molecule has 1 aliphatic heterocycles. The van der Waals surface area contributed by atoms with Crippen LogP contribution in [0, 0.1) is 0 Å². The van der Waals surface area contributed by atoms with Crippen molar-refractivity contribution in [1.82, 2.24) is 5.32 Å². The van der Waals surface area contributed by atoms with Crippen LogP contribution in [0.1, 0.15) is 34.0 Å². The SMILES string of the molecule is COc1ccc(C(=O)N2c3cc(CNC(=O)Cc4ccc(Cl)cc4)ccc3C[C@H]2C)cc1. The number of rotatable bonds is 6. The summed E-state index contributed by atoms with van der Waals surface area (Å²) in [6.45, 7) is 2.45. The Morgan fingerprint density at radius 2 is 1.72 bits per heavy atom. The van der Waals surface area contributed by atoms with Crippen molar-refractivity contribution in [2.75, 3.05) is 12.0 Å². The molecule has 32 heavy (non-hydrogen) atoms. The molecule has 0 saturated heterocycles. The maximum Gasteiger partial charge on any atom is 0.258 e. The lowest BCUT2D eigenvalue weighted by molar-refractivity contribution is -0.120. The second kappa shape index (κ2) is 9.45. The van der Waals surface area contributed by atoms with Crippen LogP contribution in [0.4, 0.5) is 5.69 Å². The number of nitrogens with zero attached hydrogens (tertiary/aromatic N) is 1. The fraction of sp³-hybridized carbons (Fsp3) is 0.231. The van der Waals surface area contributed by atoms with Crippen LogP contribution in [0.2, 0.25) is 5.02 Å². The van der Waals surface area contributed by atoms with E-state index in [1.165, 1.54) is 0 Å². The van der Waals surface area contributed by atoms with Gasteiger partial charge in [-0.1, -0.05) is 35.9 Å². The van der Waals surface area contributed by atoms with Crippen molar-refractivity contribution in [3.8, 4) is 5.75 Å². The van der Waals surface area contributed by atoms with Crippen LogP contribution < -0.4 is 15.0 Å². The van der Waals surface area contributed by atoms with Crippen LogP contribution >= 0.6 is 11.6 Å². The van der Waals surface area contributed by atoms with Gasteiger partial charge in [-0.25, -0.2) is 0 Å². The summed E-state index contributed by atoms with van der Waals surface area (Å²) in [4.78, 5) is 27.4. The Balaban J connectivity index is 1.45. The number of fused-ring (bicyclic) bond motifs is 1. The van der Waals surface area contributed by atoms with E-state index in [2.05, 4.69) is 12.2 Å². The molecule has 2 amide bonds. The molecule has 1 aliphatic rings. The van der Waals surface area contributed by atoms with Gasteiger partial charge < -0.3 is 15.0 Å². The number of ether oxygens (including phenoxy) is 1.